The first-order valence-electron chi connectivity index (χ1n) is 7.82. The molecule has 0 fully saturated rings. The van der Waals surface area contributed by atoms with Crippen molar-refractivity contribution in [3.05, 3.63) is 70.2 Å². The zero-order valence-electron chi connectivity index (χ0n) is 13.6. The van der Waals surface area contributed by atoms with E-state index in [2.05, 4.69) is 0 Å². The molecule has 1 aliphatic rings. The molecule has 2 aromatic carbocycles. The molecule has 2 amide bonds. The molecule has 0 atom stereocenters. The number of carbonyl (C=O) groups excluding carboxylic acids is 4. The fourth-order valence-corrected chi connectivity index (χ4v) is 2.73. The molecule has 7 heteroatoms. The Hall–Kier alpha value is -2.99. The summed E-state index contributed by atoms with van der Waals surface area (Å²) in [5.74, 6) is -2.25. The SMILES string of the molecule is O=C(CN1C(=O)Cc2ccccc2C1=O)OCC(=O)c1ccc(Cl)cc1. The Morgan fingerprint density at radius 2 is 1.73 bits per heavy atom. The molecule has 0 saturated heterocycles. The Bertz CT molecular complexity index is 891. The van der Waals surface area contributed by atoms with Crippen LogP contribution in [0, 0.1) is 0 Å². The molecule has 3 rings (SSSR count). The minimum Gasteiger partial charge on any atom is -0.456 e. The second-order valence-corrected chi connectivity index (χ2v) is 6.15. The molecule has 1 heterocycles. The highest BCUT2D eigenvalue weighted by Gasteiger charge is 2.32. The van der Waals surface area contributed by atoms with Gasteiger partial charge in [-0.15, -0.1) is 0 Å². The zero-order valence-corrected chi connectivity index (χ0v) is 14.4. The minimum absolute atomic E-state index is 0.0406. The highest BCUT2D eigenvalue weighted by Crippen LogP contribution is 2.19. The molecule has 0 saturated carbocycles. The number of imide groups is 1. The van der Waals surface area contributed by atoms with E-state index in [4.69, 9.17) is 16.3 Å². The van der Waals surface area contributed by atoms with E-state index in [1.165, 1.54) is 12.1 Å². The summed E-state index contributed by atoms with van der Waals surface area (Å²) in [6, 6.07) is 12.9. The number of nitrogens with zero attached hydrogens (tertiary/aromatic N) is 1. The van der Waals surface area contributed by atoms with Crippen LogP contribution in [-0.4, -0.2) is 41.6 Å². The Labute approximate surface area is 154 Å². The Balaban J connectivity index is 1.60. The van der Waals surface area contributed by atoms with E-state index in [1.807, 2.05) is 0 Å². The molecular formula is C19H14ClNO5. The van der Waals surface area contributed by atoms with Gasteiger partial charge < -0.3 is 4.74 Å². The molecule has 132 valence electrons. The van der Waals surface area contributed by atoms with Crippen LogP contribution in [0.3, 0.4) is 0 Å². The van der Waals surface area contributed by atoms with Crippen LogP contribution in [-0.2, 0) is 20.7 Å². The summed E-state index contributed by atoms with van der Waals surface area (Å²) in [6.07, 6.45) is 0.0406. The Morgan fingerprint density at radius 3 is 2.46 bits per heavy atom. The van der Waals surface area contributed by atoms with Crippen LogP contribution in [0.5, 0.6) is 0 Å². The maximum absolute atomic E-state index is 12.4. The van der Waals surface area contributed by atoms with Crippen molar-refractivity contribution in [3.63, 3.8) is 0 Å². The topological polar surface area (TPSA) is 80.8 Å². The first-order chi connectivity index (χ1) is 12.5. The average Bonchev–Trinajstić information content (AvgIpc) is 2.64. The van der Waals surface area contributed by atoms with Crippen molar-refractivity contribution in [2.45, 2.75) is 6.42 Å². The van der Waals surface area contributed by atoms with Crippen LogP contribution >= 0.6 is 11.6 Å². The summed E-state index contributed by atoms with van der Waals surface area (Å²) < 4.78 is 4.91. The van der Waals surface area contributed by atoms with Gasteiger partial charge in [0.05, 0.1) is 6.42 Å². The van der Waals surface area contributed by atoms with Gasteiger partial charge in [0.2, 0.25) is 5.91 Å². The van der Waals surface area contributed by atoms with Crippen molar-refractivity contribution < 1.29 is 23.9 Å². The molecule has 1 aliphatic heterocycles. The van der Waals surface area contributed by atoms with Crippen molar-refractivity contribution in [1.82, 2.24) is 4.90 Å². The molecule has 0 unspecified atom stereocenters. The van der Waals surface area contributed by atoms with Crippen LogP contribution in [0.2, 0.25) is 5.02 Å². The largest absolute Gasteiger partial charge is 0.456 e. The normalized spacial score (nSPS) is 13.3. The molecule has 26 heavy (non-hydrogen) atoms. The third-order valence-corrected chi connectivity index (χ3v) is 4.21. The van der Waals surface area contributed by atoms with Crippen molar-refractivity contribution in [1.29, 1.82) is 0 Å². The molecule has 0 bridgehead atoms. The van der Waals surface area contributed by atoms with Gasteiger partial charge in [0.1, 0.15) is 6.54 Å². The molecule has 0 spiro atoms. The summed E-state index contributed by atoms with van der Waals surface area (Å²) >= 11 is 5.75. The van der Waals surface area contributed by atoms with Gasteiger partial charge in [-0.25, -0.2) is 0 Å². The number of amides is 2. The van der Waals surface area contributed by atoms with Gasteiger partial charge in [0, 0.05) is 16.1 Å². The Morgan fingerprint density at radius 1 is 1.04 bits per heavy atom. The average molecular weight is 372 g/mol. The summed E-state index contributed by atoms with van der Waals surface area (Å²) in [7, 11) is 0. The number of hydrogen-bond acceptors (Lipinski definition) is 5. The first kappa shape index (κ1) is 17.8. The first-order valence-corrected chi connectivity index (χ1v) is 8.20. The lowest BCUT2D eigenvalue weighted by Gasteiger charge is -2.25. The quantitative estimate of drug-likeness (QED) is 0.457. The molecule has 0 N–H and O–H groups in total. The van der Waals surface area contributed by atoms with Gasteiger partial charge in [0.25, 0.3) is 5.91 Å². The molecule has 6 nitrogen and oxygen atoms in total. The molecule has 0 radical (unpaired) electrons. The van der Waals surface area contributed by atoms with Crippen molar-refractivity contribution in [2.75, 3.05) is 13.2 Å². The van der Waals surface area contributed by atoms with E-state index in [0.29, 0.717) is 21.7 Å². The fraction of sp³-hybridized carbons (Fsp3) is 0.158. The third-order valence-electron chi connectivity index (χ3n) is 3.95. The van der Waals surface area contributed by atoms with Crippen LogP contribution in [0.1, 0.15) is 26.3 Å². The predicted molar refractivity (Wildman–Crippen MR) is 92.9 cm³/mol. The summed E-state index contributed by atoms with van der Waals surface area (Å²) in [4.78, 5) is 49.3. The van der Waals surface area contributed by atoms with E-state index >= 15 is 0 Å². The van der Waals surface area contributed by atoms with Gasteiger partial charge in [-0.1, -0.05) is 29.8 Å². The third kappa shape index (κ3) is 3.81. The summed E-state index contributed by atoms with van der Waals surface area (Å²) in [5, 5.41) is 0.487. The summed E-state index contributed by atoms with van der Waals surface area (Å²) in [5.41, 5.74) is 1.36. The standard InChI is InChI=1S/C19H14ClNO5/c20-14-7-5-12(6-8-14)16(22)11-26-18(24)10-21-17(23)9-13-3-1-2-4-15(13)19(21)25/h1-8H,9-11H2. The number of carbonyl (C=O) groups is 4. The van der Waals surface area contributed by atoms with E-state index in [0.717, 1.165) is 4.90 Å². The number of Topliss-reactive ketones (excluding diaryl/α,β-unsaturated/α-hetero) is 1. The van der Waals surface area contributed by atoms with Gasteiger partial charge in [0.15, 0.2) is 12.4 Å². The second-order valence-electron chi connectivity index (χ2n) is 5.71. The maximum Gasteiger partial charge on any atom is 0.326 e. The smallest absolute Gasteiger partial charge is 0.326 e. The minimum atomic E-state index is -0.826. The van der Waals surface area contributed by atoms with Crippen LogP contribution < -0.4 is 0 Å². The van der Waals surface area contributed by atoms with E-state index < -0.39 is 36.7 Å². The number of hydrogen-bond donors (Lipinski definition) is 0. The van der Waals surface area contributed by atoms with E-state index in [9.17, 15) is 19.2 Å². The number of ether oxygens (including phenoxy) is 1. The molecule has 2 aromatic rings. The predicted octanol–water partition coefficient (Wildman–Crippen LogP) is 2.29. The van der Waals surface area contributed by atoms with Crippen molar-refractivity contribution >= 4 is 35.2 Å². The fourth-order valence-electron chi connectivity index (χ4n) is 2.60. The number of halogens is 1. The number of rotatable bonds is 5. The van der Waals surface area contributed by atoms with Crippen LogP contribution in [0.4, 0.5) is 0 Å². The second kappa shape index (κ2) is 7.49. The van der Waals surface area contributed by atoms with E-state index in [1.54, 1.807) is 36.4 Å². The highest BCUT2D eigenvalue weighted by atomic mass is 35.5. The van der Waals surface area contributed by atoms with Gasteiger partial charge >= 0.3 is 5.97 Å². The number of fused-ring (bicyclic) bond motifs is 1. The monoisotopic (exact) mass is 371 g/mol. The molecule has 0 aliphatic carbocycles. The van der Waals surface area contributed by atoms with Gasteiger partial charge in [-0.3, -0.25) is 24.1 Å². The number of ketones is 1. The van der Waals surface area contributed by atoms with Gasteiger partial charge in [-0.2, -0.15) is 0 Å². The number of esters is 1. The maximum atomic E-state index is 12.4. The van der Waals surface area contributed by atoms with Gasteiger partial charge in [-0.05, 0) is 35.9 Å². The number of benzene rings is 2. The summed E-state index contributed by atoms with van der Waals surface area (Å²) in [6.45, 7) is -1.01. The lowest BCUT2D eigenvalue weighted by atomic mass is 9.98. The van der Waals surface area contributed by atoms with Crippen molar-refractivity contribution in [2.24, 2.45) is 0 Å². The Kier molecular flexibility index (Phi) is 5.14. The molecule has 0 aromatic heterocycles. The zero-order chi connectivity index (χ0) is 18.7. The molecular weight excluding hydrogens is 358 g/mol. The van der Waals surface area contributed by atoms with Crippen molar-refractivity contribution in [3.8, 4) is 0 Å². The van der Waals surface area contributed by atoms with E-state index in [-0.39, 0.29) is 6.42 Å². The lowest BCUT2D eigenvalue weighted by molar-refractivity contribution is -0.146. The van der Waals surface area contributed by atoms with Crippen LogP contribution in [0.15, 0.2) is 48.5 Å². The highest BCUT2D eigenvalue weighted by molar-refractivity contribution is 6.30. The van der Waals surface area contributed by atoms with Crippen LogP contribution in [0.25, 0.3) is 0 Å². The lowest BCUT2D eigenvalue weighted by Crippen LogP contribution is -2.45.